The van der Waals surface area contributed by atoms with Crippen molar-refractivity contribution in [2.75, 3.05) is 16.8 Å². The van der Waals surface area contributed by atoms with Crippen molar-refractivity contribution in [2.45, 2.75) is 6.04 Å². The molecule has 5 nitrogen and oxygen atoms in total. The molecule has 0 aromatic heterocycles. The average molecular weight is 255 g/mol. The van der Waals surface area contributed by atoms with Crippen molar-refractivity contribution in [3.8, 4) is 0 Å². The number of hydrogen-bond donors (Lipinski definition) is 3. The topological polar surface area (TPSA) is 84.2 Å². The van der Waals surface area contributed by atoms with Crippen molar-refractivity contribution in [2.24, 2.45) is 0 Å². The Balaban J connectivity index is 2.07. The molecule has 1 aliphatic heterocycles. The Kier molecular flexibility index (Phi) is 3.19. The van der Waals surface area contributed by atoms with Crippen molar-refractivity contribution in [1.29, 1.82) is 0 Å². The fourth-order valence-electron chi connectivity index (χ4n) is 1.38. The van der Waals surface area contributed by atoms with Gasteiger partial charge in [-0.25, -0.2) is 4.39 Å². The van der Waals surface area contributed by atoms with E-state index in [0.717, 1.165) is 11.8 Å². The maximum absolute atomic E-state index is 13.3. The molecule has 1 saturated heterocycles. The van der Waals surface area contributed by atoms with Gasteiger partial charge in [0.25, 0.3) is 5.24 Å². The van der Waals surface area contributed by atoms with Gasteiger partial charge in [-0.05, 0) is 18.2 Å². The molecule has 1 atom stereocenters. The maximum atomic E-state index is 13.3. The fourth-order valence-corrected chi connectivity index (χ4v) is 2.16. The third-order valence-electron chi connectivity index (χ3n) is 2.24. The highest BCUT2D eigenvalue weighted by molar-refractivity contribution is 8.14. The number of benzene rings is 1. The minimum Gasteiger partial charge on any atom is -0.399 e. The molecule has 17 heavy (non-hydrogen) atoms. The molecule has 0 spiro atoms. The number of nitrogens with two attached hydrogens (primary N) is 1. The van der Waals surface area contributed by atoms with Gasteiger partial charge in [-0.1, -0.05) is 11.8 Å². The second kappa shape index (κ2) is 4.62. The summed E-state index contributed by atoms with van der Waals surface area (Å²) in [5.74, 6) is -0.674. The molecular formula is C10H10FN3O2S. The first-order chi connectivity index (χ1) is 8.06. The summed E-state index contributed by atoms with van der Waals surface area (Å²) in [5, 5.41) is 4.61. The lowest BCUT2D eigenvalue weighted by molar-refractivity contribution is -0.117. The van der Waals surface area contributed by atoms with E-state index in [2.05, 4.69) is 10.6 Å². The molecule has 1 heterocycles. The summed E-state index contributed by atoms with van der Waals surface area (Å²) in [5.41, 5.74) is 5.86. The van der Waals surface area contributed by atoms with E-state index in [-0.39, 0.29) is 10.9 Å². The monoisotopic (exact) mass is 255 g/mol. The minimum absolute atomic E-state index is 0.0150. The lowest BCUT2D eigenvalue weighted by Crippen LogP contribution is -2.38. The molecule has 1 unspecified atom stereocenters. The molecule has 1 fully saturated rings. The second-order valence-electron chi connectivity index (χ2n) is 3.52. The van der Waals surface area contributed by atoms with E-state index in [4.69, 9.17) is 5.73 Å². The fraction of sp³-hybridized carbons (Fsp3) is 0.200. The highest BCUT2D eigenvalue weighted by Gasteiger charge is 2.28. The van der Waals surface area contributed by atoms with Gasteiger partial charge in [-0.3, -0.25) is 9.59 Å². The van der Waals surface area contributed by atoms with Gasteiger partial charge >= 0.3 is 0 Å². The van der Waals surface area contributed by atoms with Crippen molar-refractivity contribution in [3.63, 3.8) is 0 Å². The van der Waals surface area contributed by atoms with Gasteiger partial charge in [0.15, 0.2) is 0 Å². The van der Waals surface area contributed by atoms with Crippen molar-refractivity contribution >= 4 is 34.3 Å². The van der Waals surface area contributed by atoms with Gasteiger partial charge in [-0.15, -0.1) is 0 Å². The second-order valence-corrected chi connectivity index (χ2v) is 4.52. The van der Waals surface area contributed by atoms with Crippen LogP contribution in [0.5, 0.6) is 0 Å². The molecule has 2 rings (SSSR count). The van der Waals surface area contributed by atoms with Gasteiger partial charge in [0.1, 0.15) is 11.9 Å². The molecule has 0 saturated carbocycles. The average Bonchev–Trinajstić information content (AvgIpc) is 2.70. The first-order valence-electron chi connectivity index (χ1n) is 4.85. The van der Waals surface area contributed by atoms with E-state index >= 15 is 0 Å². The standard InChI is InChI=1S/C10H10FN3O2S/c11-6-2-1-5(12)3-7(6)13-9(15)8-4-17-10(16)14-8/h1-3,8H,4,12H2,(H,13,15)(H,14,16). The van der Waals surface area contributed by atoms with Crippen LogP contribution in [0.3, 0.4) is 0 Å². The van der Waals surface area contributed by atoms with Gasteiger partial charge in [-0.2, -0.15) is 0 Å². The number of rotatable bonds is 2. The minimum atomic E-state index is -0.631. The summed E-state index contributed by atoms with van der Waals surface area (Å²) in [6, 6.07) is 3.27. The predicted molar refractivity (Wildman–Crippen MR) is 64.2 cm³/mol. The van der Waals surface area contributed by atoms with Crippen LogP contribution in [0.2, 0.25) is 0 Å². The molecular weight excluding hydrogens is 245 g/mol. The zero-order valence-corrected chi connectivity index (χ0v) is 9.51. The Labute approximate surface area is 101 Å². The van der Waals surface area contributed by atoms with Crippen molar-refractivity contribution in [3.05, 3.63) is 24.0 Å². The number of amides is 2. The molecule has 90 valence electrons. The van der Waals surface area contributed by atoms with Crippen LogP contribution in [-0.2, 0) is 4.79 Å². The summed E-state index contributed by atoms with van der Waals surface area (Å²) in [6.45, 7) is 0. The molecule has 1 aromatic carbocycles. The lowest BCUT2D eigenvalue weighted by atomic mass is 10.2. The Hall–Kier alpha value is -1.76. The number of thioether (sulfide) groups is 1. The third kappa shape index (κ3) is 2.68. The molecule has 1 aliphatic rings. The number of carbonyl (C=O) groups is 2. The van der Waals surface area contributed by atoms with Gasteiger partial charge in [0, 0.05) is 11.4 Å². The summed E-state index contributed by atoms with van der Waals surface area (Å²) in [6.07, 6.45) is 0. The Morgan fingerprint density at radius 3 is 3.00 bits per heavy atom. The van der Waals surface area contributed by atoms with Gasteiger partial charge < -0.3 is 16.4 Å². The first kappa shape index (κ1) is 11.7. The van der Waals surface area contributed by atoms with Gasteiger partial charge in [0.05, 0.1) is 5.69 Å². The Morgan fingerprint density at radius 2 is 2.35 bits per heavy atom. The lowest BCUT2D eigenvalue weighted by Gasteiger charge is -2.11. The quantitative estimate of drug-likeness (QED) is 0.693. The SMILES string of the molecule is Nc1ccc(F)c(NC(=O)C2CSC(=O)N2)c1. The summed E-state index contributed by atoms with van der Waals surface area (Å²) in [4.78, 5) is 22.6. The van der Waals surface area contributed by atoms with Gasteiger partial charge in [0.2, 0.25) is 5.91 Å². The number of anilines is 2. The van der Waals surface area contributed by atoms with E-state index in [9.17, 15) is 14.0 Å². The zero-order valence-electron chi connectivity index (χ0n) is 8.70. The molecule has 1 aromatic rings. The third-order valence-corrected chi connectivity index (χ3v) is 3.12. The number of hydrogen-bond acceptors (Lipinski definition) is 4. The molecule has 0 bridgehead atoms. The van der Waals surface area contributed by atoms with E-state index in [1.165, 1.54) is 18.2 Å². The van der Waals surface area contributed by atoms with E-state index in [1.54, 1.807) is 0 Å². The Morgan fingerprint density at radius 1 is 1.59 bits per heavy atom. The van der Waals surface area contributed by atoms with Crippen molar-refractivity contribution < 1.29 is 14.0 Å². The predicted octanol–water partition coefficient (Wildman–Crippen LogP) is 1.17. The summed E-state index contributed by atoms with van der Waals surface area (Å²) < 4.78 is 13.3. The molecule has 0 aliphatic carbocycles. The number of halogens is 1. The van der Waals surface area contributed by atoms with Crippen LogP contribution < -0.4 is 16.4 Å². The van der Waals surface area contributed by atoms with Crippen LogP contribution >= 0.6 is 11.8 Å². The number of nitrogens with one attached hydrogen (secondary N) is 2. The van der Waals surface area contributed by atoms with E-state index < -0.39 is 17.8 Å². The molecule has 7 heteroatoms. The largest absolute Gasteiger partial charge is 0.399 e. The highest BCUT2D eigenvalue weighted by atomic mass is 32.2. The summed E-state index contributed by atoms with van der Waals surface area (Å²) >= 11 is 1.02. The Bertz CT molecular complexity index is 481. The maximum Gasteiger partial charge on any atom is 0.279 e. The highest BCUT2D eigenvalue weighted by Crippen LogP contribution is 2.19. The molecule has 2 amide bonds. The number of nitrogen functional groups attached to an aromatic ring is 1. The zero-order chi connectivity index (χ0) is 12.4. The normalized spacial score (nSPS) is 18.9. The van der Waals surface area contributed by atoms with E-state index in [1.807, 2.05) is 0 Å². The smallest absolute Gasteiger partial charge is 0.279 e. The molecule has 4 N–H and O–H groups in total. The van der Waals surface area contributed by atoms with Crippen LogP contribution in [0.4, 0.5) is 20.6 Å². The molecule has 0 radical (unpaired) electrons. The van der Waals surface area contributed by atoms with Crippen LogP contribution in [0.15, 0.2) is 18.2 Å². The van der Waals surface area contributed by atoms with Crippen LogP contribution in [0.1, 0.15) is 0 Å². The summed E-state index contributed by atoms with van der Waals surface area (Å²) in [7, 11) is 0. The van der Waals surface area contributed by atoms with Crippen LogP contribution in [-0.4, -0.2) is 22.9 Å². The van der Waals surface area contributed by atoms with Crippen LogP contribution in [0.25, 0.3) is 0 Å². The van der Waals surface area contributed by atoms with E-state index in [0.29, 0.717) is 11.4 Å². The van der Waals surface area contributed by atoms with Crippen LogP contribution in [0, 0.1) is 5.82 Å². The first-order valence-corrected chi connectivity index (χ1v) is 5.84. The number of carbonyl (C=O) groups excluding carboxylic acids is 2. The van der Waals surface area contributed by atoms with Crippen molar-refractivity contribution in [1.82, 2.24) is 5.32 Å².